The van der Waals surface area contributed by atoms with Crippen LogP contribution in [0.5, 0.6) is 0 Å². The van der Waals surface area contributed by atoms with Crippen LogP contribution in [0.3, 0.4) is 0 Å². The van der Waals surface area contributed by atoms with Crippen LogP contribution in [0.1, 0.15) is 72.6 Å². The quantitative estimate of drug-likeness (QED) is 0.700. The molecule has 0 aliphatic rings. The summed E-state index contributed by atoms with van der Waals surface area (Å²) >= 11 is 0. The summed E-state index contributed by atoms with van der Waals surface area (Å²) < 4.78 is 2.18. The van der Waals surface area contributed by atoms with Gasteiger partial charge in [0.1, 0.15) is 0 Å². The monoisotopic (exact) mass is 222 g/mol. The summed E-state index contributed by atoms with van der Waals surface area (Å²) in [6.45, 7) is 17.9. The summed E-state index contributed by atoms with van der Waals surface area (Å²) in [5.74, 6) is 0.510. The highest BCUT2D eigenvalue weighted by atomic mass is 15.3. The molecule has 1 heterocycles. The van der Waals surface area contributed by atoms with Crippen molar-refractivity contribution in [2.24, 2.45) is 0 Å². The SMILES string of the molecule is CC(C)c1c(C(C)(C)C)cnn1C(C)(C)C. The Morgan fingerprint density at radius 3 is 1.88 bits per heavy atom. The van der Waals surface area contributed by atoms with Gasteiger partial charge in [-0.1, -0.05) is 34.6 Å². The molecule has 2 nitrogen and oxygen atoms in total. The van der Waals surface area contributed by atoms with Crippen molar-refractivity contribution in [1.29, 1.82) is 0 Å². The second kappa shape index (κ2) is 3.90. The van der Waals surface area contributed by atoms with E-state index in [1.165, 1.54) is 11.3 Å². The number of hydrogen-bond donors (Lipinski definition) is 0. The molecule has 92 valence electrons. The first-order valence-electron chi connectivity index (χ1n) is 6.14. The standard InChI is InChI=1S/C14H26N2/c1-10(2)12-11(13(3,4)5)9-15-16(12)14(6,7)8/h9-10H,1-8H3. The van der Waals surface area contributed by atoms with Crippen LogP contribution in [0.4, 0.5) is 0 Å². The van der Waals surface area contributed by atoms with Crippen LogP contribution in [0.25, 0.3) is 0 Å². The minimum absolute atomic E-state index is 0.0586. The molecule has 0 fully saturated rings. The molecule has 0 unspecified atom stereocenters. The Kier molecular flexibility index (Phi) is 3.24. The average Bonchev–Trinajstić information content (AvgIpc) is 2.43. The lowest BCUT2D eigenvalue weighted by molar-refractivity contribution is 0.337. The van der Waals surface area contributed by atoms with Gasteiger partial charge in [0.05, 0.1) is 11.7 Å². The molecular weight excluding hydrogens is 196 g/mol. The van der Waals surface area contributed by atoms with Gasteiger partial charge in [0.15, 0.2) is 0 Å². The van der Waals surface area contributed by atoms with E-state index >= 15 is 0 Å². The predicted molar refractivity (Wildman–Crippen MR) is 70.0 cm³/mol. The fourth-order valence-electron chi connectivity index (χ4n) is 2.03. The van der Waals surface area contributed by atoms with Crippen molar-refractivity contribution in [3.63, 3.8) is 0 Å². The number of aromatic nitrogens is 2. The smallest absolute Gasteiger partial charge is 0.0546 e. The first-order valence-corrected chi connectivity index (χ1v) is 6.14. The lowest BCUT2D eigenvalue weighted by Gasteiger charge is -2.27. The zero-order valence-electron chi connectivity index (χ0n) is 12.0. The number of nitrogens with zero attached hydrogens (tertiary/aromatic N) is 2. The highest BCUT2D eigenvalue weighted by Crippen LogP contribution is 2.33. The third-order valence-corrected chi connectivity index (χ3v) is 2.80. The van der Waals surface area contributed by atoms with Gasteiger partial charge < -0.3 is 0 Å². The summed E-state index contributed by atoms with van der Waals surface area (Å²) in [4.78, 5) is 0. The van der Waals surface area contributed by atoms with Gasteiger partial charge in [-0.15, -0.1) is 0 Å². The molecule has 0 saturated carbocycles. The van der Waals surface area contributed by atoms with Gasteiger partial charge >= 0.3 is 0 Å². The van der Waals surface area contributed by atoms with Crippen LogP contribution in [0.15, 0.2) is 6.20 Å². The molecule has 0 amide bonds. The molecule has 0 atom stereocenters. The molecule has 0 radical (unpaired) electrons. The Morgan fingerprint density at radius 2 is 1.56 bits per heavy atom. The van der Waals surface area contributed by atoms with Gasteiger partial charge in [-0.25, -0.2) is 0 Å². The molecule has 0 aliphatic carbocycles. The largest absolute Gasteiger partial charge is 0.264 e. The van der Waals surface area contributed by atoms with E-state index in [4.69, 9.17) is 0 Å². The molecule has 2 heteroatoms. The van der Waals surface area contributed by atoms with Gasteiger partial charge in [-0.3, -0.25) is 4.68 Å². The summed E-state index contributed by atoms with van der Waals surface area (Å²) in [6.07, 6.45) is 2.04. The predicted octanol–water partition coefficient (Wildman–Crippen LogP) is 4.06. The topological polar surface area (TPSA) is 17.8 Å². The third-order valence-electron chi connectivity index (χ3n) is 2.80. The minimum atomic E-state index is 0.0586. The van der Waals surface area contributed by atoms with Crippen molar-refractivity contribution in [2.45, 2.75) is 72.3 Å². The fourth-order valence-corrected chi connectivity index (χ4v) is 2.03. The van der Waals surface area contributed by atoms with E-state index in [0.717, 1.165) is 0 Å². The molecule has 1 rings (SSSR count). The van der Waals surface area contributed by atoms with E-state index in [1.807, 2.05) is 6.20 Å². The molecule has 0 saturated heterocycles. The molecule has 1 aromatic rings. The molecule has 0 aromatic carbocycles. The van der Waals surface area contributed by atoms with Crippen LogP contribution in [0, 0.1) is 0 Å². The zero-order chi connectivity index (χ0) is 12.7. The summed E-state index contributed by atoms with van der Waals surface area (Å²) in [5, 5.41) is 4.59. The van der Waals surface area contributed by atoms with E-state index in [0.29, 0.717) is 5.92 Å². The van der Waals surface area contributed by atoms with Crippen LogP contribution in [-0.4, -0.2) is 9.78 Å². The lowest BCUT2D eigenvalue weighted by Crippen LogP contribution is -2.27. The molecular formula is C14H26N2. The second-order valence-electron chi connectivity index (χ2n) is 6.93. The molecule has 16 heavy (non-hydrogen) atoms. The van der Waals surface area contributed by atoms with Gasteiger partial charge in [-0.05, 0) is 37.7 Å². The average molecular weight is 222 g/mol. The van der Waals surface area contributed by atoms with Crippen LogP contribution >= 0.6 is 0 Å². The highest BCUT2D eigenvalue weighted by Gasteiger charge is 2.27. The summed E-state index contributed by atoms with van der Waals surface area (Å²) in [7, 11) is 0. The Hall–Kier alpha value is -0.790. The van der Waals surface area contributed by atoms with Crippen molar-refractivity contribution in [3.8, 4) is 0 Å². The maximum Gasteiger partial charge on any atom is 0.0546 e. The second-order valence-corrected chi connectivity index (χ2v) is 6.93. The molecule has 0 N–H and O–H groups in total. The molecule has 0 bridgehead atoms. The van der Waals surface area contributed by atoms with Crippen LogP contribution < -0.4 is 0 Å². The molecule has 0 spiro atoms. The van der Waals surface area contributed by atoms with E-state index < -0.39 is 0 Å². The first kappa shape index (κ1) is 13.3. The Labute approximate surface area is 100 Å². The maximum atomic E-state index is 4.59. The van der Waals surface area contributed by atoms with Crippen molar-refractivity contribution < 1.29 is 0 Å². The number of rotatable bonds is 1. The first-order chi connectivity index (χ1) is 7.05. The van der Waals surface area contributed by atoms with Gasteiger partial charge in [-0.2, -0.15) is 5.10 Å². The normalized spacial score (nSPS) is 13.6. The van der Waals surface area contributed by atoms with E-state index in [2.05, 4.69) is 65.2 Å². The van der Waals surface area contributed by atoms with Crippen LogP contribution in [-0.2, 0) is 11.0 Å². The minimum Gasteiger partial charge on any atom is -0.264 e. The number of hydrogen-bond acceptors (Lipinski definition) is 1. The van der Waals surface area contributed by atoms with Crippen molar-refractivity contribution >= 4 is 0 Å². The summed E-state index contributed by atoms with van der Waals surface area (Å²) in [5.41, 5.74) is 2.98. The fraction of sp³-hybridized carbons (Fsp3) is 0.786. The lowest BCUT2D eigenvalue weighted by atomic mass is 9.84. The van der Waals surface area contributed by atoms with E-state index in [-0.39, 0.29) is 11.0 Å². The maximum absolute atomic E-state index is 4.59. The Bertz CT molecular complexity index is 328. The highest BCUT2D eigenvalue weighted by molar-refractivity contribution is 5.29. The van der Waals surface area contributed by atoms with Crippen molar-refractivity contribution in [2.75, 3.05) is 0 Å². The Balaban J connectivity index is 3.41. The molecule has 0 aliphatic heterocycles. The van der Waals surface area contributed by atoms with Crippen LogP contribution in [0.2, 0.25) is 0 Å². The van der Waals surface area contributed by atoms with Gasteiger partial charge in [0, 0.05) is 5.69 Å². The van der Waals surface area contributed by atoms with E-state index in [9.17, 15) is 0 Å². The van der Waals surface area contributed by atoms with Crippen molar-refractivity contribution in [3.05, 3.63) is 17.5 Å². The van der Waals surface area contributed by atoms with E-state index in [1.54, 1.807) is 0 Å². The van der Waals surface area contributed by atoms with Crippen molar-refractivity contribution in [1.82, 2.24) is 9.78 Å². The summed E-state index contributed by atoms with van der Waals surface area (Å²) in [6, 6.07) is 0. The van der Waals surface area contributed by atoms with Gasteiger partial charge in [0.25, 0.3) is 0 Å². The Morgan fingerprint density at radius 1 is 1.06 bits per heavy atom. The zero-order valence-corrected chi connectivity index (χ0v) is 12.0. The third kappa shape index (κ3) is 2.47. The molecule has 1 aromatic heterocycles. The van der Waals surface area contributed by atoms with Gasteiger partial charge in [0.2, 0.25) is 0 Å².